The van der Waals surface area contributed by atoms with Gasteiger partial charge in [-0.3, -0.25) is 10.9 Å². The second kappa shape index (κ2) is 5.50. The fourth-order valence-electron chi connectivity index (χ4n) is 6.07. The van der Waals surface area contributed by atoms with Crippen LogP contribution in [0.4, 0.5) is 0 Å². The van der Waals surface area contributed by atoms with Crippen molar-refractivity contribution < 1.29 is 9.59 Å². The van der Waals surface area contributed by atoms with Gasteiger partial charge in [-0.1, -0.05) is 23.8 Å². The highest BCUT2D eigenvalue weighted by atomic mass is 16.1. The number of carbonyl (C=O) groups excluding carboxylic acids is 2. The predicted molar refractivity (Wildman–Crippen MR) is 90.7 cm³/mol. The number of allylic oxidation sites excluding steroid dienone is 5. The van der Waals surface area contributed by atoms with Gasteiger partial charge in [0.15, 0.2) is 0 Å². The van der Waals surface area contributed by atoms with Crippen LogP contribution in [0.15, 0.2) is 34.9 Å². The van der Waals surface area contributed by atoms with Gasteiger partial charge in [0.25, 0.3) is 0 Å². The number of hydrazine groups is 1. The molecular formula is C20H24N2O2. The summed E-state index contributed by atoms with van der Waals surface area (Å²) in [5.41, 5.74) is 10.8. The molecule has 7 unspecified atom stereocenters. The fourth-order valence-corrected chi connectivity index (χ4v) is 6.07. The van der Waals surface area contributed by atoms with Gasteiger partial charge in [-0.05, 0) is 48.7 Å². The molecule has 0 radical (unpaired) electrons. The van der Waals surface area contributed by atoms with Gasteiger partial charge in [-0.2, -0.15) is 0 Å². The summed E-state index contributed by atoms with van der Waals surface area (Å²) >= 11 is 0. The van der Waals surface area contributed by atoms with Crippen molar-refractivity contribution in [2.75, 3.05) is 6.54 Å². The summed E-state index contributed by atoms with van der Waals surface area (Å²) in [5, 5.41) is 0. The van der Waals surface area contributed by atoms with Gasteiger partial charge in [0, 0.05) is 36.3 Å². The van der Waals surface area contributed by atoms with E-state index in [2.05, 4.69) is 29.1 Å². The van der Waals surface area contributed by atoms with E-state index in [1.807, 2.05) is 0 Å². The molecule has 1 aliphatic heterocycles. The summed E-state index contributed by atoms with van der Waals surface area (Å²) in [7, 11) is 0. The van der Waals surface area contributed by atoms with Crippen molar-refractivity contribution in [3.05, 3.63) is 34.9 Å². The quantitative estimate of drug-likeness (QED) is 0.762. The lowest BCUT2D eigenvalue weighted by atomic mass is 9.54. The van der Waals surface area contributed by atoms with E-state index in [-0.39, 0.29) is 23.7 Å². The topological polar surface area (TPSA) is 58.2 Å². The molecule has 126 valence electrons. The third-order valence-electron chi connectivity index (χ3n) is 7.14. The first kappa shape index (κ1) is 14.8. The Bertz CT molecular complexity index is 677. The molecule has 5 rings (SSSR count). The maximum absolute atomic E-state index is 12.0. The number of aldehydes is 2. The predicted octanol–water partition coefficient (Wildman–Crippen LogP) is 1.95. The highest BCUT2D eigenvalue weighted by Crippen LogP contribution is 2.56. The van der Waals surface area contributed by atoms with Crippen LogP contribution in [0.5, 0.6) is 0 Å². The van der Waals surface area contributed by atoms with Crippen molar-refractivity contribution in [1.82, 2.24) is 10.9 Å². The van der Waals surface area contributed by atoms with E-state index in [4.69, 9.17) is 0 Å². The minimum Gasteiger partial charge on any atom is -0.303 e. The molecule has 2 N–H and O–H groups in total. The third-order valence-corrected chi connectivity index (χ3v) is 7.14. The molecule has 0 spiro atoms. The molecule has 3 fully saturated rings. The van der Waals surface area contributed by atoms with Gasteiger partial charge in [-0.15, -0.1) is 0 Å². The van der Waals surface area contributed by atoms with E-state index in [0.29, 0.717) is 17.9 Å². The molecule has 24 heavy (non-hydrogen) atoms. The molecule has 1 heterocycles. The lowest BCUT2D eigenvalue weighted by Crippen LogP contribution is -2.47. The molecule has 0 aromatic heterocycles. The van der Waals surface area contributed by atoms with Crippen LogP contribution in [0.25, 0.3) is 0 Å². The lowest BCUT2D eigenvalue weighted by molar-refractivity contribution is -0.123. The van der Waals surface area contributed by atoms with Crippen LogP contribution in [0.2, 0.25) is 0 Å². The zero-order valence-electron chi connectivity index (χ0n) is 13.8. The lowest BCUT2D eigenvalue weighted by Gasteiger charge is -2.48. The average molecular weight is 324 g/mol. The maximum atomic E-state index is 12.0. The number of nitrogens with one attached hydrogen (secondary N) is 2. The number of carbonyl (C=O) groups is 2. The second-order valence-corrected chi connectivity index (χ2v) is 8.07. The first-order valence-electron chi connectivity index (χ1n) is 9.33. The summed E-state index contributed by atoms with van der Waals surface area (Å²) < 4.78 is 0. The van der Waals surface area contributed by atoms with Gasteiger partial charge in [-0.25, -0.2) is 0 Å². The molecule has 2 saturated carbocycles. The van der Waals surface area contributed by atoms with Crippen molar-refractivity contribution in [3.63, 3.8) is 0 Å². The molecule has 7 atom stereocenters. The zero-order valence-corrected chi connectivity index (χ0v) is 13.8. The Morgan fingerprint density at radius 3 is 2.75 bits per heavy atom. The SMILES string of the molecule is O=CC1C2CC3NNCC3C=C2C2=CC=C3CCCC3C2C1C=O. The Morgan fingerprint density at radius 1 is 1.04 bits per heavy atom. The Kier molecular flexibility index (Phi) is 3.39. The maximum Gasteiger partial charge on any atom is 0.124 e. The fraction of sp³-hybridized carbons (Fsp3) is 0.600. The normalized spacial score (nSPS) is 45.8. The van der Waals surface area contributed by atoms with Gasteiger partial charge < -0.3 is 9.59 Å². The summed E-state index contributed by atoms with van der Waals surface area (Å²) in [6, 6.07) is 0.381. The summed E-state index contributed by atoms with van der Waals surface area (Å²) in [5.74, 6) is 1.05. The zero-order chi connectivity index (χ0) is 16.3. The number of hydrogen-bond donors (Lipinski definition) is 2. The van der Waals surface area contributed by atoms with Crippen LogP contribution in [0.3, 0.4) is 0 Å². The van der Waals surface area contributed by atoms with E-state index in [1.54, 1.807) is 0 Å². The largest absolute Gasteiger partial charge is 0.303 e. The minimum atomic E-state index is -0.167. The van der Waals surface area contributed by atoms with Gasteiger partial charge in [0.1, 0.15) is 12.6 Å². The standard InChI is InChI=1S/C20H24N2O2/c23-9-17-16-7-19-12(8-21-22-19)6-15(16)14-5-4-11-2-1-3-13(11)20(14)18(17)10-24/h4-6,9-10,12-13,16-22H,1-3,7-8H2. The van der Waals surface area contributed by atoms with E-state index in [0.717, 1.165) is 38.4 Å². The van der Waals surface area contributed by atoms with Crippen molar-refractivity contribution in [1.29, 1.82) is 0 Å². The second-order valence-electron chi connectivity index (χ2n) is 8.07. The van der Waals surface area contributed by atoms with Crippen molar-refractivity contribution in [2.45, 2.75) is 31.7 Å². The molecule has 0 amide bonds. The number of rotatable bonds is 2. The average Bonchev–Trinajstić information content (AvgIpc) is 3.26. The van der Waals surface area contributed by atoms with Crippen LogP contribution in [-0.2, 0) is 9.59 Å². The van der Waals surface area contributed by atoms with Crippen LogP contribution in [0.1, 0.15) is 25.7 Å². The Hall–Kier alpha value is -1.52. The van der Waals surface area contributed by atoms with Gasteiger partial charge >= 0.3 is 0 Å². The van der Waals surface area contributed by atoms with Crippen LogP contribution in [0, 0.1) is 35.5 Å². The minimum absolute atomic E-state index is 0.159. The number of fused-ring (bicyclic) bond motifs is 6. The van der Waals surface area contributed by atoms with E-state index >= 15 is 0 Å². The molecule has 4 nitrogen and oxygen atoms in total. The molecule has 5 aliphatic rings. The number of hydrogen-bond acceptors (Lipinski definition) is 4. The summed E-state index contributed by atoms with van der Waals surface area (Å²) in [6.07, 6.45) is 13.6. The molecule has 1 saturated heterocycles. The van der Waals surface area contributed by atoms with Crippen molar-refractivity contribution >= 4 is 12.6 Å². The molecule has 0 bridgehead atoms. The Labute approximate surface area is 142 Å². The highest BCUT2D eigenvalue weighted by Gasteiger charge is 2.51. The first-order chi connectivity index (χ1) is 11.8. The third kappa shape index (κ3) is 1.93. The summed E-state index contributed by atoms with van der Waals surface area (Å²) in [4.78, 5) is 24.0. The molecule has 4 aliphatic carbocycles. The Morgan fingerprint density at radius 2 is 1.92 bits per heavy atom. The summed E-state index contributed by atoms with van der Waals surface area (Å²) in [6.45, 7) is 0.951. The monoisotopic (exact) mass is 324 g/mol. The first-order valence-corrected chi connectivity index (χ1v) is 9.33. The molecule has 0 aromatic rings. The van der Waals surface area contributed by atoms with E-state index in [9.17, 15) is 9.59 Å². The molecule has 4 heteroatoms. The van der Waals surface area contributed by atoms with Gasteiger partial charge in [0.2, 0.25) is 0 Å². The van der Waals surface area contributed by atoms with Crippen molar-refractivity contribution in [3.8, 4) is 0 Å². The van der Waals surface area contributed by atoms with Crippen LogP contribution in [-0.4, -0.2) is 25.2 Å². The molecule has 0 aromatic carbocycles. The van der Waals surface area contributed by atoms with Crippen LogP contribution < -0.4 is 10.9 Å². The smallest absolute Gasteiger partial charge is 0.124 e. The Balaban J connectivity index is 1.64. The van der Waals surface area contributed by atoms with Crippen molar-refractivity contribution in [2.24, 2.45) is 35.5 Å². The molecular weight excluding hydrogens is 300 g/mol. The highest BCUT2D eigenvalue weighted by molar-refractivity contribution is 5.71. The van der Waals surface area contributed by atoms with Crippen LogP contribution >= 0.6 is 0 Å². The van der Waals surface area contributed by atoms with E-state index < -0.39 is 0 Å². The van der Waals surface area contributed by atoms with Gasteiger partial charge in [0.05, 0.1) is 0 Å². The van der Waals surface area contributed by atoms with E-state index in [1.165, 1.54) is 23.1 Å².